The minimum absolute atomic E-state index is 0.0540. The summed E-state index contributed by atoms with van der Waals surface area (Å²) in [7, 11) is 0. The molecule has 2 rings (SSSR count). The zero-order chi connectivity index (χ0) is 15.9. The molecule has 0 aliphatic heterocycles. The van der Waals surface area contributed by atoms with Crippen molar-refractivity contribution < 1.29 is 9.72 Å². The number of nitrogens with zero attached hydrogens (tertiary/aromatic N) is 1. The fourth-order valence-electron chi connectivity index (χ4n) is 1.97. The van der Waals surface area contributed by atoms with Gasteiger partial charge in [-0.15, -0.1) is 0 Å². The van der Waals surface area contributed by atoms with Gasteiger partial charge in [0, 0.05) is 36.5 Å². The first kappa shape index (κ1) is 15.5. The number of benzene rings is 2. The maximum atomic E-state index is 11.9. The van der Waals surface area contributed by atoms with Crippen molar-refractivity contribution in [1.82, 2.24) is 5.32 Å². The Kier molecular flexibility index (Phi) is 5.08. The molecular weight excluding hydrogens is 282 g/mol. The van der Waals surface area contributed by atoms with Gasteiger partial charge in [0.15, 0.2) is 0 Å². The van der Waals surface area contributed by atoms with Crippen molar-refractivity contribution in [3.8, 4) is 0 Å². The number of aryl methyl sites for hydroxylation is 1. The first-order chi connectivity index (χ1) is 10.6. The van der Waals surface area contributed by atoms with E-state index in [1.165, 1.54) is 12.1 Å². The summed E-state index contributed by atoms with van der Waals surface area (Å²) in [6.45, 7) is 2.94. The molecule has 0 saturated heterocycles. The molecule has 0 spiro atoms. The molecule has 0 aromatic heterocycles. The second kappa shape index (κ2) is 7.21. The van der Waals surface area contributed by atoms with Gasteiger partial charge in [0.25, 0.3) is 11.6 Å². The number of nitro benzene ring substituents is 1. The number of carbonyl (C=O) groups excluding carboxylic acids is 1. The van der Waals surface area contributed by atoms with E-state index in [-0.39, 0.29) is 11.6 Å². The van der Waals surface area contributed by atoms with Crippen LogP contribution in [0.1, 0.15) is 15.9 Å². The molecule has 0 aliphatic carbocycles. The number of amides is 1. The van der Waals surface area contributed by atoms with Gasteiger partial charge in [-0.3, -0.25) is 14.9 Å². The Bertz CT molecular complexity index is 669. The first-order valence-corrected chi connectivity index (χ1v) is 6.89. The summed E-state index contributed by atoms with van der Waals surface area (Å²) in [5, 5.41) is 16.5. The van der Waals surface area contributed by atoms with Crippen molar-refractivity contribution in [2.75, 3.05) is 18.4 Å². The number of hydrogen-bond donors (Lipinski definition) is 2. The lowest BCUT2D eigenvalue weighted by atomic mass is 10.1. The van der Waals surface area contributed by atoms with Crippen molar-refractivity contribution in [2.24, 2.45) is 0 Å². The molecule has 2 aromatic carbocycles. The third-order valence-corrected chi connectivity index (χ3v) is 3.10. The van der Waals surface area contributed by atoms with Crippen LogP contribution in [-0.2, 0) is 0 Å². The average Bonchev–Trinajstić information content (AvgIpc) is 2.51. The molecule has 0 bridgehead atoms. The highest BCUT2D eigenvalue weighted by Crippen LogP contribution is 2.14. The third-order valence-electron chi connectivity index (χ3n) is 3.10. The number of rotatable bonds is 6. The van der Waals surface area contributed by atoms with E-state index < -0.39 is 4.92 Å². The highest BCUT2D eigenvalue weighted by atomic mass is 16.6. The second-order valence-corrected chi connectivity index (χ2v) is 4.86. The van der Waals surface area contributed by atoms with Crippen LogP contribution < -0.4 is 10.6 Å². The SMILES string of the molecule is Cc1cccc(C(=O)NCCNc2ccc([N+](=O)[O-])cc2)c1. The number of carbonyl (C=O) groups is 1. The lowest BCUT2D eigenvalue weighted by molar-refractivity contribution is -0.384. The van der Waals surface area contributed by atoms with Crippen LogP contribution in [0.2, 0.25) is 0 Å². The van der Waals surface area contributed by atoms with Crippen LogP contribution in [-0.4, -0.2) is 23.9 Å². The molecule has 0 fully saturated rings. The Morgan fingerprint density at radius 2 is 1.86 bits per heavy atom. The van der Waals surface area contributed by atoms with Crippen LogP contribution in [0.4, 0.5) is 11.4 Å². The molecule has 22 heavy (non-hydrogen) atoms. The van der Waals surface area contributed by atoms with Crippen molar-refractivity contribution >= 4 is 17.3 Å². The minimum Gasteiger partial charge on any atom is -0.383 e. The smallest absolute Gasteiger partial charge is 0.269 e. The van der Waals surface area contributed by atoms with Crippen LogP contribution >= 0.6 is 0 Å². The molecule has 6 heteroatoms. The molecule has 1 amide bonds. The maximum Gasteiger partial charge on any atom is 0.269 e. The summed E-state index contributed by atoms with van der Waals surface area (Å²) in [6.07, 6.45) is 0. The minimum atomic E-state index is -0.439. The lowest BCUT2D eigenvalue weighted by Crippen LogP contribution is -2.28. The largest absolute Gasteiger partial charge is 0.383 e. The molecule has 114 valence electrons. The van der Waals surface area contributed by atoms with E-state index in [1.807, 2.05) is 25.1 Å². The fraction of sp³-hybridized carbons (Fsp3) is 0.188. The Balaban J connectivity index is 1.77. The van der Waals surface area contributed by atoms with Crippen LogP contribution in [0.15, 0.2) is 48.5 Å². The van der Waals surface area contributed by atoms with Crippen molar-refractivity contribution in [3.63, 3.8) is 0 Å². The van der Waals surface area contributed by atoms with E-state index in [9.17, 15) is 14.9 Å². The van der Waals surface area contributed by atoms with Gasteiger partial charge in [-0.1, -0.05) is 17.7 Å². The molecule has 2 N–H and O–H groups in total. The second-order valence-electron chi connectivity index (χ2n) is 4.86. The van der Waals surface area contributed by atoms with Gasteiger partial charge in [0.1, 0.15) is 0 Å². The van der Waals surface area contributed by atoms with Crippen LogP contribution in [0.25, 0.3) is 0 Å². The highest BCUT2D eigenvalue weighted by molar-refractivity contribution is 5.94. The summed E-state index contributed by atoms with van der Waals surface area (Å²) in [5.74, 6) is -0.116. The highest BCUT2D eigenvalue weighted by Gasteiger charge is 2.05. The predicted molar refractivity (Wildman–Crippen MR) is 85.1 cm³/mol. The number of nitro groups is 1. The fourth-order valence-corrected chi connectivity index (χ4v) is 1.97. The first-order valence-electron chi connectivity index (χ1n) is 6.89. The topological polar surface area (TPSA) is 84.3 Å². The molecule has 0 atom stereocenters. The van der Waals surface area contributed by atoms with Gasteiger partial charge in [0.05, 0.1) is 4.92 Å². The molecule has 6 nitrogen and oxygen atoms in total. The van der Waals surface area contributed by atoms with E-state index in [0.29, 0.717) is 18.7 Å². The number of anilines is 1. The lowest BCUT2D eigenvalue weighted by Gasteiger charge is -2.08. The van der Waals surface area contributed by atoms with Gasteiger partial charge in [0.2, 0.25) is 0 Å². The van der Waals surface area contributed by atoms with E-state index in [0.717, 1.165) is 11.3 Å². The van der Waals surface area contributed by atoms with Crippen molar-refractivity contribution in [2.45, 2.75) is 6.92 Å². The van der Waals surface area contributed by atoms with Crippen LogP contribution in [0, 0.1) is 17.0 Å². The Morgan fingerprint density at radius 1 is 1.14 bits per heavy atom. The zero-order valence-electron chi connectivity index (χ0n) is 12.2. The Labute approximate surface area is 128 Å². The van der Waals surface area contributed by atoms with Gasteiger partial charge in [-0.05, 0) is 31.2 Å². The Morgan fingerprint density at radius 3 is 2.50 bits per heavy atom. The van der Waals surface area contributed by atoms with E-state index in [2.05, 4.69) is 10.6 Å². The summed E-state index contributed by atoms with van der Waals surface area (Å²) in [4.78, 5) is 22.0. The number of nitrogens with one attached hydrogen (secondary N) is 2. The Hall–Kier alpha value is -2.89. The number of non-ortho nitro benzene ring substituents is 1. The molecule has 0 aliphatic rings. The number of hydrogen-bond acceptors (Lipinski definition) is 4. The molecule has 0 unspecified atom stereocenters. The molecule has 0 saturated carbocycles. The van der Waals surface area contributed by atoms with Crippen molar-refractivity contribution in [1.29, 1.82) is 0 Å². The monoisotopic (exact) mass is 299 g/mol. The molecule has 0 heterocycles. The predicted octanol–water partition coefficient (Wildman–Crippen LogP) is 2.75. The van der Waals surface area contributed by atoms with E-state index >= 15 is 0 Å². The van der Waals surface area contributed by atoms with Crippen LogP contribution in [0.3, 0.4) is 0 Å². The third kappa shape index (κ3) is 4.31. The summed E-state index contributed by atoms with van der Waals surface area (Å²) in [6, 6.07) is 13.5. The van der Waals surface area contributed by atoms with E-state index in [4.69, 9.17) is 0 Å². The standard InChI is InChI=1S/C16H17N3O3/c1-12-3-2-4-13(11-12)16(20)18-10-9-17-14-5-7-15(8-6-14)19(21)22/h2-8,11,17H,9-10H2,1H3,(H,18,20). The molecule has 0 radical (unpaired) electrons. The quantitative estimate of drug-likeness (QED) is 0.488. The summed E-state index contributed by atoms with van der Waals surface area (Å²) >= 11 is 0. The van der Waals surface area contributed by atoms with Gasteiger partial charge in [-0.2, -0.15) is 0 Å². The molecular formula is C16H17N3O3. The summed E-state index contributed by atoms with van der Waals surface area (Å²) < 4.78 is 0. The van der Waals surface area contributed by atoms with Gasteiger partial charge >= 0.3 is 0 Å². The zero-order valence-corrected chi connectivity index (χ0v) is 12.2. The van der Waals surface area contributed by atoms with Gasteiger partial charge < -0.3 is 10.6 Å². The summed E-state index contributed by atoms with van der Waals surface area (Å²) in [5.41, 5.74) is 2.50. The maximum absolute atomic E-state index is 11.9. The van der Waals surface area contributed by atoms with Crippen molar-refractivity contribution in [3.05, 3.63) is 69.8 Å². The van der Waals surface area contributed by atoms with Crippen LogP contribution in [0.5, 0.6) is 0 Å². The van der Waals surface area contributed by atoms with E-state index in [1.54, 1.807) is 18.2 Å². The molecule has 2 aromatic rings. The average molecular weight is 299 g/mol. The van der Waals surface area contributed by atoms with Gasteiger partial charge in [-0.25, -0.2) is 0 Å². The normalized spacial score (nSPS) is 10.0.